The topological polar surface area (TPSA) is 81.3 Å². The molecule has 0 radical (unpaired) electrons. The van der Waals surface area contributed by atoms with Crippen LogP contribution in [-0.4, -0.2) is 36.5 Å². The Kier molecular flexibility index (Phi) is 6.32. The van der Waals surface area contributed by atoms with Gasteiger partial charge in [-0.15, -0.1) is 0 Å². The van der Waals surface area contributed by atoms with Crippen LogP contribution < -0.4 is 16.0 Å². The number of hydrogen-bond donors (Lipinski definition) is 4. The molecule has 1 aromatic heterocycles. The zero-order valence-corrected chi connectivity index (χ0v) is 17.4. The van der Waals surface area contributed by atoms with Crippen LogP contribution in [-0.2, 0) is 11.2 Å². The van der Waals surface area contributed by atoms with E-state index in [4.69, 9.17) is 4.99 Å². The lowest BCUT2D eigenvalue weighted by atomic mass is 9.91. The van der Waals surface area contributed by atoms with Crippen molar-refractivity contribution >= 4 is 28.5 Å². The Morgan fingerprint density at radius 3 is 2.87 bits per heavy atom. The summed E-state index contributed by atoms with van der Waals surface area (Å²) in [6, 6.07) is 16.4. The van der Waals surface area contributed by atoms with Gasteiger partial charge in [0, 0.05) is 48.2 Å². The second-order valence-corrected chi connectivity index (χ2v) is 7.65. The van der Waals surface area contributed by atoms with E-state index in [1.54, 1.807) is 0 Å². The van der Waals surface area contributed by atoms with Crippen molar-refractivity contribution < 1.29 is 4.79 Å². The number of carbonyl (C=O) groups excluding carboxylic acids is 1. The Balaban J connectivity index is 1.33. The molecular weight excluding hydrogens is 374 g/mol. The molecule has 2 heterocycles. The SMILES string of the molecule is CCNC(=NCC1CC(=O)Nc2ccccc21)NCCCc1c[nH]c2ccccc12. The molecule has 0 bridgehead atoms. The number of guanidine groups is 1. The van der Waals surface area contributed by atoms with Gasteiger partial charge >= 0.3 is 0 Å². The molecule has 6 heteroatoms. The molecule has 0 saturated carbocycles. The first-order chi connectivity index (χ1) is 14.7. The van der Waals surface area contributed by atoms with E-state index in [1.807, 2.05) is 18.2 Å². The van der Waals surface area contributed by atoms with E-state index >= 15 is 0 Å². The van der Waals surface area contributed by atoms with Gasteiger partial charge in [0.25, 0.3) is 0 Å². The van der Waals surface area contributed by atoms with Crippen molar-refractivity contribution in [3.05, 3.63) is 65.9 Å². The summed E-state index contributed by atoms with van der Waals surface area (Å²) in [4.78, 5) is 20.1. The largest absolute Gasteiger partial charge is 0.361 e. The first-order valence-corrected chi connectivity index (χ1v) is 10.7. The molecule has 0 spiro atoms. The van der Waals surface area contributed by atoms with Gasteiger partial charge in [0.05, 0.1) is 6.54 Å². The third kappa shape index (κ3) is 4.64. The molecule has 4 rings (SSSR count). The molecule has 0 fully saturated rings. The Bertz CT molecular complexity index is 1040. The molecular formula is C24H29N5O. The number of aromatic nitrogens is 1. The molecule has 156 valence electrons. The normalized spacial score (nSPS) is 16.2. The Labute approximate surface area is 177 Å². The third-order valence-corrected chi connectivity index (χ3v) is 5.51. The number of aliphatic imine (C=N–C) groups is 1. The highest BCUT2D eigenvalue weighted by molar-refractivity contribution is 5.94. The maximum absolute atomic E-state index is 12.0. The average Bonchev–Trinajstić information content (AvgIpc) is 3.17. The minimum absolute atomic E-state index is 0.0607. The van der Waals surface area contributed by atoms with Crippen LogP contribution in [0.25, 0.3) is 10.9 Å². The molecule has 4 N–H and O–H groups in total. The minimum Gasteiger partial charge on any atom is -0.361 e. The predicted molar refractivity (Wildman–Crippen MR) is 123 cm³/mol. The fourth-order valence-corrected chi connectivity index (χ4v) is 4.03. The standard InChI is InChI=1S/C24H29N5O/c1-2-25-24(26-13-7-8-17-15-27-21-11-5-3-9-19(17)21)28-16-18-14-23(30)29-22-12-6-4-10-20(18)22/h3-6,9-12,15,18,27H,2,7-8,13-14,16H2,1H3,(H,29,30)(H2,25,26,28). The second-order valence-electron chi connectivity index (χ2n) is 7.65. The van der Waals surface area contributed by atoms with E-state index in [9.17, 15) is 4.79 Å². The molecule has 1 atom stereocenters. The number of aryl methyl sites for hydroxylation is 1. The van der Waals surface area contributed by atoms with E-state index in [2.05, 4.69) is 64.4 Å². The number of carbonyl (C=O) groups is 1. The fourth-order valence-electron chi connectivity index (χ4n) is 4.03. The van der Waals surface area contributed by atoms with Gasteiger partial charge in [-0.25, -0.2) is 0 Å². The van der Waals surface area contributed by atoms with Gasteiger partial charge in [-0.2, -0.15) is 0 Å². The van der Waals surface area contributed by atoms with Crippen molar-refractivity contribution in [1.82, 2.24) is 15.6 Å². The van der Waals surface area contributed by atoms with Crippen molar-refractivity contribution in [2.24, 2.45) is 4.99 Å². The number of H-pyrrole nitrogens is 1. The summed E-state index contributed by atoms with van der Waals surface area (Å²) >= 11 is 0. The lowest BCUT2D eigenvalue weighted by molar-refractivity contribution is -0.116. The molecule has 1 aliphatic rings. The summed E-state index contributed by atoms with van der Waals surface area (Å²) in [7, 11) is 0. The van der Waals surface area contributed by atoms with Crippen LogP contribution in [0.1, 0.15) is 36.8 Å². The maximum Gasteiger partial charge on any atom is 0.225 e. The van der Waals surface area contributed by atoms with Gasteiger partial charge in [0.2, 0.25) is 5.91 Å². The number of amides is 1. The molecule has 3 aromatic rings. The summed E-state index contributed by atoms with van der Waals surface area (Å²) < 4.78 is 0. The lowest BCUT2D eigenvalue weighted by Crippen LogP contribution is -2.38. The van der Waals surface area contributed by atoms with E-state index < -0.39 is 0 Å². The molecule has 1 unspecified atom stereocenters. The highest BCUT2D eigenvalue weighted by Gasteiger charge is 2.24. The first-order valence-electron chi connectivity index (χ1n) is 10.7. The van der Waals surface area contributed by atoms with Crippen LogP contribution >= 0.6 is 0 Å². The van der Waals surface area contributed by atoms with Crippen LogP contribution in [0, 0.1) is 0 Å². The van der Waals surface area contributed by atoms with Gasteiger partial charge in [-0.05, 0) is 43.0 Å². The summed E-state index contributed by atoms with van der Waals surface area (Å²) in [5, 5.41) is 11.0. The number of benzene rings is 2. The molecule has 2 aromatic carbocycles. The number of rotatable bonds is 7. The average molecular weight is 404 g/mol. The summed E-state index contributed by atoms with van der Waals surface area (Å²) in [6.07, 6.45) is 4.60. The Morgan fingerprint density at radius 1 is 1.13 bits per heavy atom. The molecule has 1 amide bonds. The zero-order valence-electron chi connectivity index (χ0n) is 17.4. The number of para-hydroxylation sites is 2. The van der Waals surface area contributed by atoms with Crippen LogP contribution in [0.4, 0.5) is 5.69 Å². The van der Waals surface area contributed by atoms with Gasteiger partial charge < -0.3 is 20.9 Å². The van der Waals surface area contributed by atoms with Crippen molar-refractivity contribution in [3.8, 4) is 0 Å². The van der Waals surface area contributed by atoms with E-state index in [0.29, 0.717) is 13.0 Å². The van der Waals surface area contributed by atoms with Crippen LogP contribution in [0.15, 0.2) is 59.7 Å². The third-order valence-electron chi connectivity index (χ3n) is 5.51. The number of hydrogen-bond acceptors (Lipinski definition) is 2. The quantitative estimate of drug-likeness (QED) is 0.275. The number of fused-ring (bicyclic) bond motifs is 2. The fraction of sp³-hybridized carbons (Fsp3) is 0.333. The monoisotopic (exact) mass is 403 g/mol. The highest BCUT2D eigenvalue weighted by Crippen LogP contribution is 2.32. The molecule has 0 aliphatic carbocycles. The van der Waals surface area contributed by atoms with Crippen LogP contribution in [0.2, 0.25) is 0 Å². The molecule has 0 saturated heterocycles. The van der Waals surface area contributed by atoms with Crippen LogP contribution in [0.3, 0.4) is 0 Å². The smallest absolute Gasteiger partial charge is 0.225 e. The van der Waals surface area contributed by atoms with Crippen LogP contribution in [0.5, 0.6) is 0 Å². The highest BCUT2D eigenvalue weighted by atomic mass is 16.1. The molecule has 30 heavy (non-hydrogen) atoms. The van der Waals surface area contributed by atoms with Crippen molar-refractivity contribution in [1.29, 1.82) is 0 Å². The zero-order chi connectivity index (χ0) is 20.8. The van der Waals surface area contributed by atoms with Gasteiger partial charge in [-0.3, -0.25) is 9.79 Å². The Morgan fingerprint density at radius 2 is 1.97 bits per heavy atom. The van der Waals surface area contributed by atoms with Gasteiger partial charge in [0.1, 0.15) is 0 Å². The Hall–Kier alpha value is -3.28. The van der Waals surface area contributed by atoms with E-state index in [1.165, 1.54) is 16.5 Å². The predicted octanol–water partition coefficient (Wildman–Crippen LogP) is 3.78. The van der Waals surface area contributed by atoms with E-state index in [-0.39, 0.29) is 11.8 Å². The first kappa shape index (κ1) is 20.0. The number of nitrogens with zero attached hydrogens (tertiary/aromatic N) is 1. The summed E-state index contributed by atoms with van der Waals surface area (Å²) in [5.41, 5.74) is 4.60. The summed E-state index contributed by atoms with van der Waals surface area (Å²) in [5.74, 6) is 0.974. The maximum atomic E-state index is 12.0. The van der Waals surface area contributed by atoms with Gasteiger partial charge in [-0.1, -0.05) is 36.4 Å². The second kappa shape index (κ2) is 9.48. The van der Waals surface area contributed by atoms with Gasteiger partial charge in [0.15, 0.2) is 5.96 Å². The van der Waals surface area contributed by atoms with E-state index in [0.717, 1.165) is 43.1 Å². The number of nitrogens with one attached hydrogen (secondary N) is 4. The number of anilines is 1. The van der Waals surface area contributed by atoms with Crippen molar-refractivity contribution in [3.63, 3.8) is 0 Å². The molecule has 6 nitrogen and oxygen atoms in total. The van der Waals surface area contributed by atoms with Crippen molar-refractivity contribution in [2.75, 3.05) is 25.0 Å². The molecule has 1 aliphatic heterocycles. The lowest BCUT2D eigenvalue weighted by Gasteiger charge is -2.24. The minimum atomic E-state index is 0.0607. The number of aromatic amines is 1. The van der Waals surface area contributed by atoms with Crippen molar-refractivity contribution in [2.45, 2.75) is 32.1 Å². The summed E-state index contributed by atoms with van der Waals surface area (Å²) in [6.45, 7) is 4.29.